The molecule has 3 aromatic rings. The minimum atomic E-state index is -3.58. The van der Waals surface area contributed by atoms with Crippen molar-refractivity contribution in [3.63, 3.8) is 0 Å². The first kappa shape index (κ1) is 17.4. The molecule has 0 unspecified atom stereocenters. The molecule has 25 heavy (non-hydrogen) atoms. The van der Waals surface area contributed by atoms with E-state index >= 15 is 0 Å². The van der Waals surface area contributed by atoms with Crippen molar-refractivity contribution in [2.24, 2.45) is 0 Å². The first-order valence-electron chi connectivity index (χ1n) is 8.05. The van der Waals surface area contributed by atoms with E-state index in [0.717, 1.165) is 22.4 Å². The van der Waals surface area contributed by atoms with Gasteiger partial charge in [0.1, 0.15) is 0 Å². The van der Waals surface area contributed by atoms with E-state index in [1.54, 1.807) is 25.5 Å². The average Bonchev–Trinajstić information content (AvgIpc) is 3.11. The molecule has 1 N–H and O–H groups in total. The molecule has 0 bridgehead atoms. The maximum Gasteiger partial charge on any atom is 0.241 e. The third kappa shape index (κ3) is 3.81. The molecule has 1 aromatic heterocycles. The number of nitrogens with one attached hydrogen (secondary N) is 1. The number of imidazole rings is 1. The van der Waals surface area contributed by atoms with E-state index in [1.165, 1.54) is 0 Å². The molecular weight excluding hydrogens is 334 g/mol. The van der Waals surface area contributed by atoms with Crippen molar-refractivity contribution in [2.75, 3.05) is 0 Å². The van der Waals surface area contributed by atoms with Crippen LogP contribution in [0.25, 0.3) is 5.69 Å². The van der Waals surface area contributed by atoms with Crippen LogP contribution in [-0.2, 0) is 10.0 Å². The number of hydrogen-bond acceptors (Lipinski definition) is 3. The molecule has 0 fully saturated rings. The molecule has 1 heterocycles. The monoisotopic (exact) mass is 355 g/mol. The van der Waals surface area contributed by atoms with E-state index in [9.17, 15) is 8.42 Å². The fourth-order valence-electron chi connectivity index (χ4n) is 2.71. The van der Waals surface area contributed by atoms with Crippen LogP contribution in [0.5, 0.6) is 0 Å². The lowest BCUT2D eigenvalue weighted by atomic mass is 10.1. The molecule has 1 atom stereocenters. The summed E-state index contributed by atoms with van der Waals surface area (Å²) in [4.78, 5) is 4.35. The zero-order valence-electron chi connectivity index (χ0n) is 14.5. The van der Waals surface area contributed by atoms with Gasteiger partial charge in [-0.25, -0.2) is 18.1 Å². The number of sulfonamides is 1. The molecule has 0 spiro atoms. The number of rotatable bonds is 5. The number of nitrogens with zero attached hydrogens (tertiary/aromatic N) is 2. The summed E-state index contributed by atoms with van der Waals surface area (Å²) < 4.78 is 30.1. The Morgan fingerprint density at radius 2 is 1.80 bits per heavy atom. The van der Waals surface area contributed by atoms with Crippen LogP contribution in [0.3, 0.4) is 0 Å². The Morgan fingerprint density at radius 3 is 2.44 bits per heavy atom. The summed E-state index contributed by atoms with van der Waals surface area (Å²) in [6.45, 7) is 5.53. The second-order valence-electron chi connectivity index (χ2n) is 6.17. The van der Waals surface area contributed by atoms with E-state index in [4.69, 9.17) is 0 Å². The van der Waals surface area contributed by atoms with Crippen molar-refractivity contribution >= 4 is 10.0 Å². The minimum absolute atomic E-state index is 0.328. The van der Waals surface area contributed by atoms with Crippen molar-refractivity contribution in [1.82, 2.24) is 14.3 Å². The Hall–Kier alpha value is -2.44. The predicted molar refractivity (Wildman–Crippen MR) is 98.2 cm³/mol. The summed E-state index contributed by atoms with van der Waals surface area (Å²) in [7, 11) is -3.58. The van der Waals surface area contributed by atoms with Crippen LogP contribution >= 0.6 is 0 Å². The first-order valence-corrected chi connectivity index (χ1v) is 9.53. The van der Waals surface area contributed by atoms with Crippen LogP contribution in [0, 0.1) is 13.8 Å². The highest BCUT2D eigenvalue weighted by Gasteiger charge is 2.20. The Morgan fingerprint density at radius 1 is 1.08 bits per heavy atom. The maximum absolute atomic E-state index is 12.7. The van der Waals surface area contributed by atoms with Crippen LogP contribution in [-0.4, -0.2) is 18.0 Å². The lowest BCUT2D eigenvalue weighted by Crippen LogP contribution is -2.27. The predicted octanol–water partition coefficient (Wildman–Crippen LogP) is 3.53. The van der Waals surface area contributed by atoms with Gasteiger partial charge in [0, 0.05) is 24.1 Å². The molecule has 6 heteroatoms. The molecule has 5 nitrogen and oxygen atoms in total. The quantitative estimate of drug-likeness (QED) is 0.761. The van der Waals surface area contributed by atoms with Gasteiger partial charge in [0.2, 0.25) is 10.0 Å². The average molecular weight is 355 g/mol. The van der Waals surface area contributed by atoms with Gasteiger partial charge in [0.25, 0.3) is 0 Å². The second-order valence-corrected chi connectivity index (χ2v) is 7.86. The van der Waals surface area contributed by atoms with Gasteiger partial charge in [-0.05, 0) is 55.7 Å². The number of benzene rings is 2. The van der Waals surface area contributed by atoms with Gasteiger partial charge in [-0.3, -0.25) is 0 Å². The van der Waals surface area contributed by atoms with Gasteiger partial charge in [-0.15, -0.1) is 0 Å². The van der Waals surface area contributed by atoms with E-state index < -0.39 is 10.0 Å². The van der Waals surface area contributed by atoms with Gasteiger partial charge in [0.05, 0.1) is 11.2 Å². The zero-order chi connectivity index (χ0) is 18.0. The molecule has 0 saturated heterocycles. The number of hydrogen-bond donors (Lipinski definition) is 1. The van der Waals surface area contributed by atoms with E-state index in [-0.39, 0.29) is 6.04 Å². The highest BCUT2D eigenvalue weighted by molar-refractivity contribution is 7.89. The minimum Gasteiger partial charge on any atom is -0.306 e. The molecule has 2 aromatic carbocycles. The van der Waals surface area contributed by atoms with Crippen molar-refractivity contribution in [2.45, 2.75) is 31.7 Å². The summed E-state index contributed by atoms with van der Waals surface area (Å²) in [5.41, 5.74) is 3.53. The standard InChI is InChI=1S/C19H21N3O2S/c1-14-4-5-15(2)19(12-14)25(23,24)21-16(3)17-6-8-18(9-7-17)22-11-10-20-13-22/h4-13,16,21H,1-3H3/t16-/m0/s1. The van der Waals surface area contributed by atoms with Crippen LogP contribution < -0.4 is 4.72 Å². The van der Waals surface area contributed by atoms with E-state index in [1.807, 2.05) is 61.0 Å². The summed E-state index contributed by atoms with van der Waals surface area (Å²) in [6.07, 6.45) is 5.30. The van der Waals surface area contributed by atoms with Gasteiger partial charge < -0.3 is 4.57 Å². The summed E-state index contributed by atoms with van der Waals surface area (Å²) in [5, 5.41) is 0. The Labute approximate surface area is 148 Å². The van der Waals surface area contributed by atoms with Crippen LogP contribution in [0.15, 0.2) is 66.1 Å². The molecular formula is C19H21N3O2S. The van der Waals surface area contributed by atoms with E-state index in [0.29, 0.717) is 4.90 Å². The molecule has 130 valence electrons. The molecule has 0 aliphatic heterocycles. The Bertz CT molecular complexity index is 962. The van der Waals surface area contributed by atoms with Crippen molar-refractivity contribution in [3.8, 4) is 5.69 Å². The van der Waals surface area contributed by atoms with Crippen molar-refractivity contribution in [1.29, 1.82) is 0 Å². The van der Waals surface area contributed by atoms with Crippen LogP contribution in [0.2, 0.25) is 0 Å². The normalized spacial score (nSPS) is 12.9. The lowest BCUT2D eigenvalue weighted by molar-refractivity contribution is 0.566. The number of aromatic nitrogens is 2. The zero-order valence-corrected chi connectivity index (χ0v) is 15.3. The molecule has 0 saturated carbocycles. The third-order valence-corrected chi connectivity index (χ3v) is 5.84. The van der Waals surface area contributed by atoms with Crippen LogP contribution in [0.1, 0.15) is 29.7 Å². The van der Waals surface area contributed by atoms with Gasteiger partial charge in [-0.1, -0.05) is 24.3 Å². The highest BCUT2D eigenvalue weighted by Crippen LogP contribution is 2.21. The molecule has 0 aliphatic carbocycles. The SMILES string of the molecule is Cc1ccc(C)c(S(=O)(=O)N[C@@H](C)c2ccc(-n3ccnc3)cc2)c1. The van der Waals surface area contributed by atoms with Gasteiger partial charge in [0.15, 0.2) is 0 Å². The molecule has 3 rings (SSSR count). The van der Waals surface area contributed by atoms with Crippen LogP contribution in [0.4, 0.5) is 0 Å². The topological polar surface area (TPSA) is 64.0 Å². The van der Waals surface area contributed by atoms with Crippen molar-refractivity contribution in [3.05, 3.63) is 77.9 Å². The second kappa shape index (κ2) is 6.82. The Kier molecular flexibility index (Phi) is 4.74. The first-order chi connectivity index (χ1) is 11.9. The van der Waals surface area contributed by atoms with Gasteiger partial charge >= 0.3 is 0 Å². The molecule has 0 aliphatic rings. The largest absolute Gasteiger partial charge is 0.306 e. The smallest absolute Gasteiger partial charge is 0.241 e. The maximum atomic E-state index is 12.7. The fraction of sp³-hybridized carbons (Fsp3) is 0.211. The van der Waals surface area contributed by atoms with Gasteiger partial charge in [-0.2, -0.15) is 0 Å². The summed E-state index contributed by atoms with van der Waals surface area (Å²) >= 11 is 0. The Balaban J connectivity index is 1.81. The van der Waals surface area contributed by atoms with E-state index in [2.05, 4.69) is 9.71 Å². The third-order valence-electron chi connectivity index (χ3n) is 4.16. The highest BCUT2D eigenvalue weighted by atomic mass is 32.2. The molecule has 0 radical (unpaired) electrons. The summed E-state index contributed by atoms with van der Waals surface area (Å²) in [6, 6.07) is 12.8. The lowest BCUT2D eigenvalue weighted by Gasteiger charge is -2.17. The fourth-order valence-corrected chi connectivity index (χ4v) is 4.27. The van der Waals surface area contributed by atoms with Crippen molar-refractivity contribution < 1.29 is 8.42 Å². The molecule has 0 amide bonds. The summed E-state index contributed by atoms with van der Waals surface area (Å²) in [5.74, 6) is 0. The number of aryl methyl sites for hydroxylation is 2.